The van der Waals surface area contributed by atoms with Crippen LogP contribution in [0.25, 0.3) is 0 Å². The molecule has 0 radical (unpaired) electrons. The summed E-state index contributed by atoms with van der Waals surface area (Å²) >= 11 is 5.82. The molecule has 0 spiro atoms. The maximum absolute atomic E-state index is 11.2. The molecule has 0 bridgehead atoms. The van der Waals surface area contributed by atoms with Crippen LogP contribution in [0.5, 0.6) is 0 Å². The number of hydrogen-bond acceptors (Lipinski definition) is 3. The Balaban J connectivity index is 2.59. The lowest BCUT2D eigenvalue weighted by Gasteiger charge is -2.17. The predicted octanol–water partition coefficient (Wildman–Crippen LogP) is 2.55. The van der Waals surface area contributed by atoms with Gasteiger partial charge < -0.3 is 15.2 Å². The quantitative estimate of drug-likeness (QED) is 0.836. The summed E-state index contributed by atoms with van der Waals surface area (Å²) in [7, 11) is 0. The fourth-order valence-corrected chi connectivity index (χ4v) is 1.79. The zero-order valence-corrected chi connectivity index (χ0v) is 11.1. The molecule has 1 unspecified atom stereocenters. The molecule has 0 saturated heterocycles. The van der Waals surface area contributed by atoms with E-state index < -0.39 is 6.09 Å². The van der Waals surface area contributed by atoms with E-state index in [1.54, 1.807) is 19.1 Å². The van der Waals surface area contributed by atoms with Crippen LogP contribution >= 0.6 is 11.6 Å². The van der Waals surface area contributed by atoms with Crippen molar-refractivity contribution in [3.05, 3.63) is 34.9 Å². The Morgan fingerprint density at radius 3 is 2.67 bits per heavy atom. The largest absolute Gasteiger partial charge is 0.450 e. The van der Waals surface area contributed by atoms with Crippen LogP contribution in [0.4, 0.5) is 4.79 Å². The van der Waals surface area contributed by atoms with Gasteiger partial charge in [0.2, 0.25) is 0 Å². The third-order valence-electron chi connectivity index (χ3n) is 2.59. The SMILES string of the molecule is CCOC(=O)NCC(CCO)c1ccc(Cl)cc1. The standard InChI is InChI=1S/C13H18ClNO3/c1-2-18-13(17)15-9-11(7-8-16)10-3-5-12(14)6-4-10/h3-6,11,16H,2,7-9H2,1H3,(H,15,17). The molecular weight excluding hydrogens is 254 g/mol. The molecule has 1 rings (SSSR count). The molecule has 5 heteroatoms. The highest BCUT2D eigenvalue weighted by Gasteiger charge is 2.12. The van der Waals surface area contributed by atoms with Crippen molar-refractivity contribution in [1.29, 1.82) is 0 Å². The maximum atomic E-state index is 11.2. The van der Waals surface area contributed by atoms with Gasteiger partial charge in [0.15, 0.2) is 0 Å². The summed E-state index contributed by atoms with van der Waals surface area (Å²) in [5.41, 5.74) is 1.03. The van der Waals surface area contributed by atoms with Gasteiger partial charge in [-0.2, -0.15) is 0 Å². The lowest BCUT2D eigenvalue weighted by Crippen LogP contribution is -2.29. The molecule has 18 heavy (non-hydrogen) atoms. The van der Waals surface area contributed by atoms with Crippen LogP contribution in [0.3, 0.4) is 0 Å². The summed E-state index contributed by atoms with van der Waals surface area (Å²) in [6.45, 7) is 2.60. The lowest BCUT2D eigenvalue weighted by molar-refractivity contribution is 0.151. The minimum absolute atomic E-state index is 0.0525. The van der Waals surface area contributed by atoms with E-state index >= 15 is 0 Å². The van der Waals surface area contributed by atoms with Gasteiger partial charge in [-0.25, -0.2) is 4.79 Å². The Labute approximate surface area is 112 Å². The molecule has 1 atom stereocenters. The summed E-state index contributed by atoms with van der Waals surface area (Å²) < 4.78 is 4.79. The molecule has 0 aliphatic carbocycles. The van der Waals surface area contributed by atoms with Gasteiger partial charge in [0.05, 0.1) is 6.61 Å². The van der Waals surface area contributed by atoms with Gasteiger partial charge in [-0.15, -0.1) is 0 Å². The molecule has 0 saturated carbocycles. The second-order valence-corrected chi connectivity index (χ2v) is 4.30. The second-order valence-electron chi connectivity index (χ2n) is 3.86. The van der Waals surface area contributed by atoms with Gasteiger partial charge >= 0.3 is 6.09 Å². The molecule has 0 heterocycles. The number of carbonyl (C=O) groups excluding carboxylic acids is 1. The van der Waals surface area contributed by atoms with Crippen LogP contribution in [0.15, 0.2) is 24.3 Å². The van der Waals surface area contributed by atoms with Crippen molar-refractivity contribution in [2.45, 2.75) is 19.3 Å². The number of amides is 1. The molecule has 0 fully saturated rings. The average Bonchev–Trinajstić information content (AvgIpc) is 2.36. The van der Waals surface area contributed by atoms with Crippen molar-refractivity contribution < 1.29 is 14.6 Å². The van der Waals surface area contributed by atoms with Gasteiger partial charge in [-0.05, 0) is 31.0 Å². The summed E-state index contributed by atoms with van der Waals surface area (Å²) in [4.78, 5) is 11.2. The number of aliphatic hydroxyl groups is 1. The van der Waals surface area contributed by atoms with Crippen molar-refractivity contribution in [3.63, 3.8) is 0 Å². The second kappa shape index (κ2) is 7.95. The number of alkyl carbamates (subject to hydrolysis) is 1. The molecule has 2 N–H and O–H groups in total. The van der Waals surface area contributed by atoms with Crippen LogP contribution in [-0.2, 0) is 4.74 Å². The van der Waals surface area contributed by atoms with Crippen molar-refractivity contribution in [2.75, 3.05) is 19.8 Å². The number of aliphatic hydroxyl groups excluding tert-OH is 1. The molecule has 0 aliphatic heterocycles. The van der Waals surface area contributed by atoms with Gasteiger partial charge in [0.1, 0.15) is 0 Å². The first-order valence-corrected chi connectivity index (χ1v) is 6.32. The van der Waals surface area contributed by atoms with Crippen LogP contribution in [-0.4, -0.2) is 31.0 Å². The summed E-state index contributed by atoms with van der Waals surface area (Å²) in [6.07, 6.45) is 0.142. The summed E-state index contributed by atoms with van der Waals surface area (Å²) in [6, 6.07) is 7.39. The van der Waals surface area contributed by atoms with Crippen LogP contribution in [0, 0.1) is 0 Å². The van der Waals surface area contributed by atoms with Crippen molar-refractivity contribution in [2.24, 2.45) is 0 Å². The smallest absolute Gasteiger partial charge is 0.407 e. The Hall–Kier alpha value is -1.26. The first kappa shape index (κ1) is 14.8. The van der Waals surface area contributed by atoms with E-state index in [1.165, 1.54) is 0 Å². The minimum Gasteiger partial charge on any atom is -0.450 e. The monoisotopic (exact) mass is 271 g/mol. The zero-order valence-electron chi connectivity index (χ0n) is 10.4. The zero-order chi connectivity index (χ0) is 13.4. The number of benzene rings is 1. The number of hydrogen-bond donors (Lipinski definition) is 2. The van der Waals surface area contributed by atoms with E-state index in [0.717, 1.165) is 5.56 Å². The lowest BCUT2D eigenvalue weighted by atomic mass is 9.96. The van der Waals surface area contributed by atoms with E-state index in [9.17, 15) is 4.79 Å². The van der Waals surface area contributed by atoms with Gasteiger partial charge in [-0.3, -0.25) is 0 Å². The minimum atomic E-state index is -0.436. The van der Waals surface area contributed by atoms with Gasteiger partial charge in [0.25, 0.3) is 0 Å². The maximum Gasteiger partial charge on any atom is 0.407 e. The third kappa shape index (κ3) is 4.94. The van der Waals surface area contributed by atoms with E-state index in [0.29, 0.717) is 24.6 Å². The molecular formula is C13H18ClNO3. The highest BCUT2D eigenvalue weighted by molar-refractivity contribution is 6.30. The third-order valence-corrected chi connectivity index (χ3v) is 2.84. The van der Waals surface area contributed by atoms with Crippen molar-refractivity contribution in [3.8, 4) is 0 Å². The van der Waals surface area contributed by atoms with Crippen molar-refractivity contribution >= 4 is 17.7 Å². The number of halogens is 1. The molecule has 0 aliphatic rings. The fraction of sp³-hybridized carbons (Fsp3) is 0.462. The molecule has 1 aromatic rings. The fourth-order valence-electron chi connectivity index (χ4n) is 1.67. The highest BCUT2D eigenvalue weighted by Crippen LogP contribution is 2.20. The van der Waals surface area contributed by atoms with Gasteiger partial charge in [0, 0.05) is 24.1 Å². The number of nitrogens with one attached hydrogen (secondary N) is 1. The number of ether oxygens (including phenoxy) is 1. The molecule has 1 aromatic carbocycles. The van der Waals surface area contributed by atoms with E-state index in [4.69, 9.17) is 21.4 Å². The average molecular weight is 272 g/mol. The normalized spacial score (nSPS) is 11.9. The van der Waals surface area contributed by atoms with E-state index in [2.05, 4.69) is 5.32 Å². The summed E-state index contributed by atoms with van der Waals surface area (Å²) in [5, 5.41) is 12.4. The predicted molar refractivity (Wildman–Crippen MR) is 70.9 cm³/mol. The topological polar surface area (TPSA) is 58.6 Å². The first-order valence-electron chi connectivity index (χ1n) is 5.94. The Morgan fingerprint density at radius 1 is 1.44 bits per heavy atom. The number of carbonyl (C=O) groups is 1. The van der Waals surface area contributed by atoms with Crippen LogP contribution in [0.1, 0.15) is 24.8 Å². The van der Waals surface area contributed by atoms with Gasteiger partial charge in [-0.1, -0.05) is 23.7 Å². The van der Waals surface area contributed by atoms with Crippen molar-refractivity contribution in [1.82, 2.24) is 5.32 Å². The molecule has 1 amide bonds. The highest BCUT2D eigenvalue weighted by atomic mass is 35.5. The van der Waals surface area contributed by atoms with Crippen LogP contribution in [0.2, 0.25) is 5.02 Å². The molecule has 4 nitrogen and oxygen atoms in total. The molecule has 100 valence electrons. The Morgan fingerprint density at radius 2 is 2.11 bits per heavy atom. The Bertz CT molecular complexity index is 367. The van der Waals surface area contributed by atoms with E-state index in [-0.39, 0.29) is 12.5 Å². The Kier molecular flexibility index (Phi) is 6.54. The van der Waals surface area contributed by atoms with E-state index in [1.807, 2.05) is 12.1 Å². The molecule has 0 aromatic heterocycles. The first-order chi connectivity index (χ1) is 8.67. The number of rotatable bonds is 6. The van der Waals surface area contributed by atoms with Crippen LogP contribution < -0.4 is 5.32 Å². The summed E-state index contributed by atoms with van der Waals surface area (Å²) in [5.74, 6) is 0.0525.